The van der Waals surface area contributed by atoms with Crippen molar-refractivity contribution in [3.05, 3.63) is 70.0 Å². The van der Waals surface area contributed by atoms with Crippen LogP contribution in [0.15, 0.2) is 30.3 Å². The third kappa shape index (κ3) is 4.26. The van der Waals surface area contributed by atoms with Crippen LogP contribution in [0.3, 0.4) is 0 Å². The molecule has 0 heterocycles. The minimum atomic E-state index is -1.33. The first-order valence-electron chi connectivity index (χ1n) is 9.31. The summed E-state index contributed by atoms with van der Waals surface area (Å²) in [5.41, 5.74) is 3.70. The fourth-order valence-electron chi connectivity index (χ4n) is 3.77. The lowest BCUT2D eigenvalue weighted by Gasteiger charge is -2.25. The molecule has 0 N–H and O–H groups in total. The fraction of sp³-hybridized carbons (Fsp3) is 0.455. The van der Waals surface area contributed by atoms with E-state index in [1.54, 1.807) is 0 Å². The van der Waals surface area contributed by atoms with Gasteiger partial charge in [0.25, 0.3) is 0 Å². The van der Waals surface area contributed by atoms with E-state index in [0.29, 0.717) is 29.9 Å². The molecule has 2 aromatic carbocycles. The quantitative estimate of drug-likeness (QED) is 0.548. The van der Waals surface area contributed by atoms with Gasteiger partial charge in [0, 0.05) is 0 Å². The normalized spacial score (nSPS) is 16.7. The Hall–Kier alpha value is -1.77. The monoisotopic (exact) mass is 346 g/mol. The second-order valence-corrected chi connectivity index (χ2v) is 7.19. The molecule has 3 heteroatoms. The van der Waals surface area contributed by atoms with Crippen molar-refractivity contribution in [3.63, 3.8) is 0 Å². The standard InChI is InChI=1S/C22H25F3/c1-2-3-4-15-5-7-16(8-6-15)9-10-17-11-12-19-18(13-17)14-20(23)22(25)21(19)24/h5-8,14,17H,2-4,9-13H2,1H3. The molecule has 0 spiro atoms. The second-order valence-electron chi connectivity index (χ2n) is 7.19. The number of hydrogen-bond donors (Lipinski definition) is 0. The lowest BCUT2D eigenvalue weighted by Crippen LogP contribution is -2.18. The highest BCUT2D eigenvalue weighted by Gasteiger charge is 2.25. The van der Waals surface area contributed by atoms with Crippen molar-refractivity contribution in [3.8, 4) is 0 Å². The Balaban J connectivity index is 1.58. The molecule has 0 aromatic heterocycles. The SMILES string of the molecule is CCCCc1ccc(CCC2CCc3c(cc(F)c(F)c3F)C2)cc1. The molecule has 1 atom stereocenters. The maximum Gasteiger partial charge on any atom is 0.194 e. The lowest BCUT2D eigenvalue weighted by atomic mass is 9.80. The van der Waals surface area contributed by atoms with Crippen LogP contribution >= 0.6 is 0 Å². The summed E-state index contributed by atoms with van der Waals surface area (Å²) in [4.78, 5) is 0. The third-order valence-corrected chi connectivity index (χ3v) is 5.35. The van der Waals surface area contributed by atoms with Crippen LogP contribution in [-0.2, 0) is 25.7 Å². The Labute approximate surface area is 148 Å². The molecule has 0 saturated carbocycles. The minimum absolute atomic E-state index is 0.371. The van der Waals surface area contributed by atoms with E-state index in [9.17, 15) is 13.2 Å². The zero-order chi connectivity index (χ0) is 17.8. The molecular weight excluding hydrogens is 321 g/mol. The smallest absolute Gasteiger partial charge is 0.194 e. The fourth-order valence-corrected chi connectivity index (χ4v) is 3.77. The van der Waals surface area contributed by atoms with Gasteiger partial charge in [-0.2, -0.15) is 0 Å². The Kier molecular flexibility index (Phi) is 5.82. The van der Waals surface area contributed by atoms with Gasteiger partial charge >= 0.3 is 0 Å². The molecule has 0 fully saturated rings. The van der Waals surface area contributed by atoms with E-state index < -0.39 is 17.5 Å². The molecule has 0 radical (unpaired) electrons. The first kappa shape index (κ1) is 18.0. The van der Waals surface area contributed by atoms with Crippen LogP contribution in [0, 0.1) is 23.4 Å². The van der Waals surface area contributed by atoms with E-state index in [4.69, 9.17) is 0 Å². The van der Waals surface area contributed by atoms with E-state index in [0.717, 1.165) is 25.7 Å². The van der Waals surface area contributed by atoms with Crippen molar-refractivity contribution in [1.82, 2.24) is 0 Å². The van der Waals surface area contributed by atoms with Crippen LogP contribution < -0.4 is 0 Å². The summed E-state index contributed by atoms with van der Waals surface area (Å²) in [6.07, 6.45) is 7.49. The van der Waals surface area contributed by atoms with Gasteiger partial charge in [0.05, 0.1) is 0 Å². The van der Waals surface area contributed by atoms with Crippen LogP contribution in [0.2, 0.25) is 0 Å². The largest absolute Gasteiger partial charge is 0.204 e. The van der Waals surface area contributed by atoms with Gasteiger partial charge in [-0.25, -0.2) is 13.2 Å². The number of hydrogen-bond acceptors (Lipinski definition) is 0. The highest BCUT2D eigenvalue weighted by atomic mass is 19.2. The van der Waals surface area contributed by atoms with Gasteiger partial charge in [0.15, 0.2) is 17.5 Å². The van der Waals surface area contributed by atoms with Crippen LogP contribution in [0.1, 0.15) is 54.9 Å². The Morgan fingerprint density at radius 2 is 1.64 bits per heavy atom. The predicted octanol–water partition coefficient (Wildman–Crippen LogP) is 6.18. The van der Waals surface area contributed by atoms with Gasteiger partial charge in [-0.3, -0.25) is 0 Å². The van der Waals surface area contributed by atoms with E-state index in [1.165, 1.54) is 30.0 Å². The number of benzene rings is 2. The number of fused-ring (bicyclic) bond motifs is 1. The molecule has 134 valence electrons. The molecule has 1 unspecified atom stereocenters. The molecule has 0 nitrogen and oxygen atoms in total. The minimum Gasteiger partial charge on any atom is -0.204 e. The van der Waals surface area contributed by atoms with E-state index >= 15 is 0 Å². The number of rotatable bonds is 6. The zero-order valence-electron chi connectivity index (χ0n) is 14.8. The van der Waals surface area contributed by atoms with Crippen LogP contribution in [0.5, 0.6) is 0 Å². The van der Waals surface area contributed by atoms with Crippen molar-refractivity contribution in [2.45, 2.75) is 58.3 Å². The topological polar surface area (TPSA) is 0 Å². The van der Waals surface area contributed by atoms with Crippen LogP contribution in [-0.4, -0.2) is 0 Å². The number of halogens is 3. The van der Waals surface area contributed by atoms with Gasteiger partial charge in [0.1, 0.15) is 0 Å². The maximum atomic E-state index is 13.8. The highest BCUT2D eigenvalue weighted by molar-refractivity contribution is 5.33. The van der Waals surface area contributed by atoms with Crippen molar-refractivity contribution >= 4 is 0 Å². The first-order valence-corrected chi connectivity index (χ1v) is 9.31. The van der Waals surface area contributed by atoms with Crippen molar-refractivity contribution < 1.29 is 13.2 Å². The average Bonchev–Trinajstić information content (AvgIpc) is 2.63. The molecule has 0 saturated heterocycles. The second kappa shape index (κ2) is 8.07. The summed E-state index contributed by atoms with van der Waals surface area (Å²) in [7, 11) is 0. The van der Waals surface area contributed by atoms with Gasteiger partial charge in [-0.15, -0.1) is 0 Å². The third-order valence-electron chi connectivity index (χ3n) is 5.35. The maximum absolute atomic E-state index is 13.8. The van der Waals surface area contributed by atoms with Crippen molar-refractivity contribution in [1.29, 1.82) is 0 Å². The van der Waals surface area contributed by atoms with E-state index in [2.05, 4.69) is 31.2 Å². The molecule has 0 amide bonds. The van der Waals surface area contributed by atoms with Crippen LogP contribution in [0.25, 0.3) is 0 Å². The predicted molar refractivity (Wildman–Crippen MR) is 95.2 cm³/mol. The van der Waals surface area contributed by atoms with Crippen molar-refractivity contribution in [2.24, 2.45) is 5.92 Å². The summed E-state index contributed by atoms with van der Waals surface area (Å²) in [6.45, 7) is 2.20. The molecule has 1 aliphatic rings. The highest BCUT2D eigenvalue weighted by Crippen LogP contribution is 2.32. The molecule has 3 rings (SSSR count). The number of unbranched alkanes of at least 4 members (excludes halogenated alkanes) is 1. The van der Waals surface area contributed by atoms with E-state index in [-0.39, 0.29) is 0 Å². The van der Waals surface area contributed by atoms with Gasteiger partial charge in [-0.1, -0.05) is 37.6 Å². The molecule has 1 aliphatic carbocycles. The average molecular weight is 346 g/mol. The molecule has 25 heavy (non-hydrogen) atoms. The summed E-state index contributed by atoms with van der Waals surface area (Å²) in [5, 5.41) is 0. The van der Waals surface area contributed by atoms with Crippen molar-refractivity contribution in [2.75, 3.05) is 0 Å². The first-order chi connectivity index (χ1) is 12.1. The Morgan fingerprint density at radius 1 is 0.960 bits per heavy atom. The van der Waals surface area contributed by atoms with Gasteiger partial charge in [-0.05, 0) is 79.2 Å². The summed E-state index contributed by atoms with van der Waals surface area (Å²) in [5.74, 6) is -2.99. The summed E-state index contributed by atoms with van der Waals surface area (Å²) < 4.78 is 40.6. The van der Waals surface area contributed by atoms with Crippen LogP contribution in [0.4, 0.5) is 13.2 Å². The lowest BCUT2D eigenvalue weighted by molar-refractivity contribution is 0.394. The molecule has 2 aromatic rings. The van der Waals surface area contributed by atoms with Gasteiger partial charge in [0.2, 0.25) is 0 Å². The summed E-state index contributed by atoms with van der Waals surface area (Å²) >= 11 is 0. The molecule has 0 aliphatic heterocycles. The molecular formula is C22H25F3. The molecule has 0 bridgehead atoms. The number of aryl methyl sites for hydroxylation is 2. The van der Waals surface area contributed by atoms with E-state index in [1.807, 2.05) is 0 Å². The Morgan fingerprint density at radius 3 is 2.32 bits per heavy atom. The zero-order valence-corrected chi connectivity index (χ0v) is 14.8. The Bertz CT molecular complexity index is 719. The summed E-state index contributed by atoms with van der Waals surface area (Å²) in [6, 6.07) is 9.97. The van der Waals surface area contributed by atoms with Gasteiger partial charge < -0.3 is 0 Å².